The van der Waals surface area contributed by atoms with Crippen molar-refractivity contribution in [1.29, 1.82) is 0 Å². The quantitative estimate of drug-likeness (QED) is 0.380. The van der Waals surface area contributed by atoms with Crippen molar-refractivity contribution in [3.63, 3.8) is 0 Å². The molecule has 0 fully saturated rings. The lowest BCUT2D eigenvalue weighted by molar-refractivity contribution is 0.402. The minimum atomic E-state index is -0.260. The Morgan fingerprint density at radius 1 is 1.20 bits per heavy atom. The van der Waals surface area contributed by atoms with Gasteiger partial charge in [0.15, 0.2) is 11.0 Å². The van der Waals surface area contributed by atoms with Crippen molar-refractivity contribution in [2.75, 3.05) is 14.1 Å². The molecular formula is C26H24FN7S. The highest BCUT2D eigenvalue weighted by Gasteiger charge is 2.16. The Kier molecular flexibility index (Phi) is 6.10. The number of pyridine rings is 2. The number of hydrogen-bond donors (Lipinski definition) is 2. The summed E-state index contributed by atoms with van der Waals surface area (Å²) in [5.74, 6) is 0.592. The summed E-state index contributed by atoms with van der Waals surface area (Å²) in [6, 6.07) is 7.10. The summed E-state index contributed by atoms with van der Waals surface area (Å²) in [5, 5.41) is 9.09. The molecule has 0 aromatic carbocycles. The molecule has 7 nitrogen and oxygen atoms in total. The molecule has 0 atom stereocenters. The third-order valence-corrected chi connectivity index (χ3v) is 6.42. The molecule has 0 unspecified atom stereocenters. The molecule has 0 aliphatic carbocycles. The molecule has 5 aromatic heterocycles. The van der Waals surface area contributed by atoms with E-state index in [1.807, 2.05) is 51.6 Å². The van der Waals surface area contributed by atoms with Crippen molar-refractivity contribution in [3.8, 4) is 22.1 Å². The van der Waals surface area contributed by atoms with Gasteiger partial charge in [0.1, 0.15) is 16.9 Å². The lowest BCUT2D eigenvalue weighted by atomic mass is 10.1. The molecule has 0 saturated heterocycles. The van der Waals surface area contributed by atoms with Gasteiger partial charge in [0.05, 0.1) is 15.7 Å². The topological polar surface area (TPSA) is 86.4 Å². The number of rotatable bonds is 6. The highest BCUT2D eigenvalue weighted by molar-refractivity contribution is 7.13. The molecule has 5 rings (SSSR count). The first-order valence-corrected chi connectivity index (χ1v) is 11.9. The largest absolute Gasteiger partial charge is 0.336 e. The molecule has 0 aliphatic heterocycles. The van der Waals surface area contributed by atoms with Crippen LogP contribution in [0.4, 0.5) is 4.39 Å². The van der Waals surface area contributed by atoms with Crippen LogP contribution in [0, 0.1) is 5.13 Å². The van der Waals surface area contributed by atoms with Gasteiger partial charge in [0, 0.05) is 30.4 Å². The van der Waals surface area contributed by atoms with Gasteiger partial charge in [-0.1, -0.05) is 12.7 Å². The number of nitrogens with zero attached hydrogens (tertiary/aromatic N) is 5. The molecule has 0 saturated carbocycles. The first-order valence-electron chi connectivity index (χ1n) is 11.0. The van der Waals surface area contributed by atoms with E-state index in [1.165, 1.54) is 6.07 Å². The number of H-pyrrole nitrogens is 2. The average molecular weight is 486 g/mol. The molecule has 0 radical (unpaired) electrons. The third kappa shape index (κ3) is 4.55. The first-order chi connectivity index (χ1) is 16.9. The van der Waals surface area contributed by atoms with Gasteiger partial charge >= 0.3 is 0 Å². The summed E-state index contributed by atoms with van der Waals surface area (Å²) < 4.78 is 13.7. The zero-order valence-corrected chi connectivity index (χ0v) is 20.4. The third-order valence-electron chi connectivity index (χ3n) is 5.54. The fraction of sp³-hybridized carbons (Fsp3) is 0.154. The monoisotopic (exact) mass is 485 g/mol. The van der Waals surface area contributed by atoms with Gasteiger partial charge in [-0.3, -0.25) is 15.1 Å². The molecule has 2 N–H and O–H groups in total. The van der Waals surface area contributed by atoms with Crippen LogP contribution < -0.4 is 10.6 Å². The fourth-order valence-electron chi connectivity index (χ4n) is 3.95. The maximum atomic E-state index is 13.7. The number of halogens is 1. The van der Waals surface area contributed by atoms with Gasteiger partial charge in [0.25, 0.3) is 0 Å². The molecular weight excluding hydrogens is 461 g/mol. The van der Waals surface area contributed by atoms with Crippen LogP contribution in [-0.4, -0.2) is 49.1 Å². The molecule has 5 aromatic rings. The van der Waals surface area contributed by atoms with Gasteiger partial charge in [-0.2, -0.15) is 9.49 Å². The van der Waals surface area contributed by atoms with E-state index >= 15 is 0 Å². The van der Waals surface area contributed by atoms with Gasteiger partial charge in [0.2, 0.25) is 0 Å². The van der Waals surface area contributed by atoms with Crippen molar-refractivity contribution in [3.05, 3.63) is 76.3 Å². The molecule has 9 heteroatoms. The number of thiophene rings is 1. The second-order valence-corrected chi connectivity index (χ2v) is 9.46. The minimum absolute atomic E-state index is 0.260. The van der Waals surface area contributed by atoms with Gasteiger partial charge < -0.3 is 9.88 Å². The van der Waals surface area contributed by atoms with Crippen molar-refractivity contribution in [2.24, 2.45) is 0 Å². The van der Waals surface area contributed by atoms with Crippen LogP contribution in [0.25, 0.3) is 50.8 Å². The van der Waals surface area contributed by atoms with E-state index in [1.54, 1.807) is 12.3 Å². The van der Waals surface area contributed by atoms with E-state index in [-0.39, 0.29) is 5.13 Å². The number of nitrogens with one attached hydrogen (secondary N) is 2. The van der Waals surface area contributed by atoms with Crippen LogP contribution in [0.3, 0.4) is 0 Å². The summed E-state index contributed by atoms with van der Waals surface area (Å²) in [5.41, 5.74) is 5.63. The normalized spacial score (nSPS) is 12.8. The molecule has 0 amide bonds. The van der Waals surface area contributed by atoms with Gasteiger partial charge in [-0.15, -0.1) is 11.3 Å². The number of allylic oxidation sites excluding steroid dienone is 1. The maximum Gasteiger partial charge on any atom is 0.177 e. The average Bonchev–Trinajstić information content (AvgIpc) is 3.56. The lowest BCUT2D eigenvalue weighted by Crippen LogP contribution is -2.23. The zero-order valence-electron chi connectivity index (χ0n) is 19.6. The predicted octanol–water partition coefficient (Wildman–Crippen LogP) is 3.97. The van der Waals surface area contributed by atoms with Crippen LogP contribution in [0.15, 0.2) is 49.4 Å². The zero-order chi connectivity index (χ0) is 24.5. The van der Waals surface area contributed by atoms with Crippen molar-refractivity contribution in [2.45, 2.75) is 13.5 Å². The van der Waals surface area contributed by atoms with Crippen LogP contribution in [-0.2, 0) is 6.54 Å². The summed E-state index contributed by atoms with van der Waals surface area (Å²) in [6.45, 7) is 7.03. The van der Waals surface area contributed by atoms with Crippen molar-refractivity contribution < 1.29 is 4.39 Å². The van der Waals surface area contributed by atoms with E-state index in [9.17, 15) is 4.39 Å². The van der Waals surface area contributed by atoms with Crippen molar-refractivity contribution in [1.82, 2.24) is 35.0 Å². The van der Waals surface area contributed by atoms with Crippen LogP contribution in [0.2, 0.25) is 0 Å². The summed E-state index contributed by atoms with van der Waals surface area (Å²) in [4.78, 5) is 19.8. The molecule has 0 spiro atoms. The molecule has 0 aliphatic rings. The highest BCUT2D eigenvalue weighted by Crippen LogP contribution is 2.31. The number of imidazole rings is 1. The maximum absolute atomic E-state index is 13.7. The molecule has 35 heavy (non-hydrogen) atoms. The second kappa shape index (κ2) is 9.36. The Hall–Kier alpha value is -3.95. The smallest absolute Gasteiger partial charge is 0.177 e. The Morgan fingerprint density at radius 3 is 2.80 bits per heavy atom. The Balaban J connectivity index is 1.60. The SMILES string of the molecule is C=C(/C=c1/c(-c2nc3c(-c4ccc(F)s4)nccc3[nH]2)n[nH]/c1=C/C)c1cncc(CN(C)C)c1. The Bertz CT molecular complexity index is 1660. The minimum Gasteiger partial charge on any atom is -0.336 e. The van der Waals surface area contributed by atoms with E-state index in [0.717, 1.165) is 55.5 Å². The van der Waals surface area contributed by atoms with E-state index < -0.39 is 0 Å². The van der Waals surface area contributed by atoms with Gasteiger partial charge in [-0.05, 0) is 68.1 Å². The fourth-order valence-corrected chi connectivity index (χ4v) is 4.68. The van der Waals surface area contributed by atoms with Crippen LogP contribution in [0.5, 0.6) is 0 Å². The van der Waals surface area contributed by atoms with E-state index in [2.05, 4.69) is 42.7 Å². The van der Waals surface area contributed by atoms with Crippen LogP contribution >= 0.6 is 11.3 Å². The predicted molar refractivity (Wildman–Crippen MR) is 139 cm³/mol. The van der Waals surface area contributed by atoms with Gasteiger partial charge in [-0.25, -0.2) is 4.98 Å². The standard InChI is InChI=1S/C26H24FN7S/c1-5-19-18(10-15(2)17-11-16(12-28-13-17)14-34(3)4)23(33-32-19)26-30-20-8-9-29-25(24(20)31-26)21-6-7-22(27)35-21/h5-13,32H,2,14H2,1,3-4H3,(H,30,31)/b18-10+,19-5+. The van der Waals surface area contributed by atoms with E-state index in [0.29, 0.717) is 22.7 Å². The highest BCUT2D eigenvalue weighted by atomic mass is 32.1. The Labute approximate surface area is 205 Å². The van der Waals surface area contributed by atoms with E-state index in [4.69, 9.17) is 4.98 Å². The molecule has 5 heterocycles. The number of hydrogen-bond acceptors (Lipinski definition) is 6. The second-order valence-electron chi connectivity index (χ2n) is 8.42. The summed E-state index contributed by atoms with van der Waals surface area (Å²) in [6.07, 6.45) is 9.32. The number of aromatic amines is 2. The Morgan fingerprint density at radius 2 is 2.06 bits per heavy atom. The first kappa shape index (κ1) is 22.8. The van der Waals surface area contributed by atoms with Crippen molar-refractivity contribution >= 4 is 40.1 Å². The summed E-state index contributed by atoms with van der Waals surface area (Å²) >= 11 is 1.05. The van der Waals surface area contributed by atoms with Crippen LogP contribution in [0.1, 0.15) is 18.1 Å². The molecule has 0 bridgehead atoms. The number of fused-ring (bicyclic) bond motifs is 1. The lowest BCUT2D eigenvalue weighted by Gasteiger charge is -2.10. The number of aromatic nitrogens is 6. The summed E-state index contributed by atoms with van der Waals surface area (Å²) in [7, 11) is 4.05. The molecule has 176 valence electrons.